The predicted octanol–water partition coefficient (Wildman–Crippen LogP) is 1.53. The average molecular weight is 265 g/mol. The van der Waals surface area contributed by atoms with Crippen LogP contribution in [0.2, 0.25) is 0 Å². The lowest BCUT2D eigenvalue weighted by Crippen LogP contribution is -2.47. The molecule has 2 atom stereocenters. The second-order valence-corrected chi connectivity index (χ2v) is 4.58. The highest BCUT2D eigenvalue weighted by Crippen LogP contribution is 2.24. The zero-order valence-corrected chi connectivity index (χ0v) is 11.3. The van der Waals surface area contributed by atoms with Crippen molar-refractivity contribution in [2.75, 3.05) is 7.11 Å². The number of methoxy groups -OCH3 is 1. The van der Waals surface area contributed by atoms with Crippen LogP contribution in [0.15, 0.2) is 30.3 Å². The summed E-state index contributed by atoms with van der Waals surface area (Å²) < 4.78 is 5.33. The van der Waals surface area contributed by atoms with E-state index in [0.717, 1.165) is 5.56 Å². The molecule has 5 heteroatoms. The van der Waals surface area contributed by atoms with Crippen LogP contribution in [-0.4, -0.2) is 30.1 Å². The van der Waals surface area contributed by atoms with Crippen molar-refractivity contribution in [3.8, 4) is 0 Å². The van der Waals surface area contributed by atoms with Crippen LogP contribution in [0.3, 0.4) is 0 Å². The lowest BCUT2D eigenvalue weighted by Gasteiger charge is -2.28. The van der Waals surface area contributed by atoms with Crippen molar-refractivity contribution in [3.63, 3.8) is 0 Å². The van der Waals surface area contributed by atoms with Gasteiger partial charge in [-0.1, -0.05) is 30.3 Å². The number of nitrogens with one attached hydrogen (secondary N) is 1. The number of benzene rings is 1. The fourth-order valence-corrected chi connectivity index (χ4v) is 1.77. The first kappa shape index (κ1) is 15.2. The van der Waals surface area contributed by atoms with Gasteiger partial charge in [0.05, 0.1) is 6.42 Å². The summed E-state index contributed by atoms with van der Waals surface area (Å²) >= 11 is 0. The summed E-state index contributed by atoms with van der Waals surface area (Å²) in [6.07, 6.45) is -0.125. The second kappa shape index (κ2) is 6.33. The van der Waals surface area contributed by atoms with E-state index < -0.39 is 17.6 Å². The normalized spacial score (nSPS) is 15.3. The first-order valence-electron chi connectivity index (χ1n) is 6.03. The molecule has 0 bridgehead atoms. The number of hydrogen-bond donors (Lipinski definition) is 2. The van der Waals surface area contributed by atoms with Gasteiger partial charge in [0.15, 0.2) is 5.60 Å². The largest absolute Gasteiger partial charge is 0.481 e. The van der Waals surface area contributed by atoms with E-state index in [-0.39, 0.29) is 12.3 Å². The number of carbonyl (C=O) groups is 2. The first-order chi connectivity index (χ1) is 8.90. The number of carboxylic acids is 1. The predicted molar refractivity (Wildman–Crippen MR) is 70.7 cm³/mol. The topological polar surface area (TPSA) is 75.6 Å². The summed E-state index contributed by atoms with van der Waals surface area (Å²) in [7, 11) is 1.45. The Hall–Kier alpha value is -1.88. The molecule has 0 saturated carbocycles. The third kappa shape index (κ3) is 3.79. The fraction of sp³-hybridized carbons (Fsp3) is 0.429. The van der Waals surface area contributed by atoms with Crippen LogP contribution in [0.5, 0.6) is 0 Å². The maximum absolute atomic E-state index is 12.3. The van der Waals surface area contributed by atoms with Crippen molar-refractivity contribution in [1.29, 1.82) is 0 Å². The maximum atomic E-state index is 12.3. The number of carboxylic acid groups (broad SMARTS) is 1. The number of aliphatic carboxylic acids is 1. The minimum Gasteiger partial charge on any atom is -0.481 e. The van der Waals surface area contributed by atoms with E-state index in [2.05, 4.69) is 5.32 Å². The van der Waals surface area contributed by atoms with E-state index in [1.807, 2.05) is 18.2 Å². The minimum atomic E-state index is -1.13. The number of amides is 1. The van der Waals surface area contributed by atoms with E-state index in [1.165, 1.54) is 7.11 Å². The highest BCUT2D eigenvalue weighted by Gasteiger charge is 2.35. The number of rotatable bonds is 6. The maximum Gasteiger partial charge on any atom is 0.305 e. The van der Waals surface area contributed by atoms with Crippen LogP contribution >= 0.6 is 0 Å². The molecule has 2 unspecified atom stereocenters. The molecule has 1 amide bonds. The molecule has 1 aromatic carbocycles. The van der Waals surface area contributed by atoms with Crippen LogP contribution in [0.4, 0.5) is 0 Å². The molecule has 0 fully saturated rings. The number of ether oxygens (including phenoxy) is 1. The Morgan fingerprint density at radius 1 is 1.37 bits per heavy atom. The van der Waals surface area contributed by atoms with Crippen LogP contribution < -0.4 is 5.32 Å². The first-order valence-corrected chi connectivity index (χ1v) is 6.03. The summed E-state index contributed by atoms with van der Waals surface area (Å²) in [5.41, 5.74) is -0.411. The molecule has 0 heterocycles. The molecule has 19 heavy (non-hydrogen) atoms. The standard InChI is InChI=1S/C14H19NO4/c1-10(9-12(16)17)15-13(18)14(2,19-3)11-7-5-4-6-8-11/h4-8,10H,9H2,1-3H3,(H,15,18)(H,16,17). The van der Waals surface area contributed by atoms with Crippen LogP contribution in [0.1, 0.15) is 25.8 Å². The van der Waals surface area contributed by atoms with Gasteiger partial charge in [0.2, 0.25) is 0 Å². The van der Waals surface area contributed by atoms with E-state index in [9.17, 15) is 9.59 Å². The Morgan fingerprint density at radius 2 is 1.95 bits per heavy atom. The molecular weight excluding hydrogens is 246 g/mol. The molecule has 0 radical (unpaired) electrons. The van der Waals surface area contributed by atoms with Crippen molar-refractivity contribution in [2.24, 2.45) is 0 Å². The number of carbonyl (C=O) groups excluding carboxylic acids is 1. The molecular formula is C14H19NO4. The Morgan fingerprint density at radius 3 is 2.42 bits per heavy atom. The monoisotopic (exact) mass is 265 g/mol. The molecule has 0 aliphatic heterocycles. The third-order valence-corrected chi connectivity index (χ3v) is 3.02. The highest BCUT2D eigenvalue weighted by molar-refractivity contribution is 5.86. The Labute approximate surface area is 112 Å². The SMILES string of the molecule is COC(C)(C(=O)NC(C)CC(=O)O)c1ccccc1. The zero-order chi connectivity index (χ0) is 14.5. The van der Waals surface area contributed by atoms with Crippen molar-refractivity contribution in [2.45, 2.75) is 31.9 Å². The number of hydrogen-bond acceptors (Lipinski definition) is 3. The second-order valence-electron chi connectivity index (χ2n) is 4.58. The van der Waals surface area contributed by atoms with Crippen molar-refractivity contribution in [3.05, 3.63) is 35.9 Å². The molecule has 0 spiro atoms. The molecule has 0 aromatic heterocycles. The Balaban J connectivity index is 2.85. The lowest BCUT2D eigenvalue weighted by atomic mass is 9.94. The van der Waals surface area contributed by atoms with Gasteiger partial charge in [-0.3, -0.25) is 9.59 Å². The van der Waals surface area contributed by atoms with Crippen LogP contribution in [-0.2, 0) is 19.9 Å². The van der Waals surface area contributed by atoms with Crippen LogP contribution in [0.25, 0.3) is 0 Å². The zero-order valence-electron chi connectivity index (χ0n) is 11.3. The van der Waals surface area contributed by atoms with Gasteiger partial charge in [-0.15, -0.1) is 0 Å². The molecule has 0 saturated heterocycles. The third-order valence-electron chi connectivity index (χ3n) is 3.02. The van der Waals surface area contributed by atoms with Gasteiger partial charge in [-0.05, 0) is 19.4 Å². The Kier molecular flexibility index (Phi) is 5.06. The lowest BCUT2D eigenvalue weighted by molar-refractivity contribution is -0.144. The van der Waals surface area contributed by atoms with Gasteiger partial charge >= 0.3 is 5.97 Å². The van der Waals surface area contributed by atoms with E-state index in [1.54, 1.807) is 26.0 Å². The summed E-state index contributed by atoms with van der Waals surface area (Å²) in [5, 5.41) is 11.3. The van der Waals surface area contributed by atoms with Gasteiger partial charge < -0.3 is 15.2 Å². The smallest absolute Gasteiger partial charge is 0.305 e. The van der Waals surface area contributed by atoms with Crippen LogP contribution in [0, 0.1) is 0 Å². The highest BCUT2D eigenvalue weighted by atomic mass is 16.5. The van der Waals surface area contributed by atoms with Gasteiger partial charge in [-0.25, -0.2) is 0 Å². The van der Waals surface area contributed by atoms with Crippen molar-refractivity contribution in [1.82, 2.24) is 5.32 Å². The van der Waals surface area contributed by atoms with E-state index in [0.29, 0.717) is 0 Å². The molecule has 0 aliphatic carbocycles. The summed E-state index contributed by atoms with van der Waals surface area (Å²) in [6, 6.07) is 8.63. The van der Waals surface area contributed by atoms with Crippen molar-refractivity contribution < 1.29 is 19.4 Å². The summed E-state index contributed by atoms with van der Waals surface area (Å²) in [6.45, 7) is 3.30. The van der Waals surface area contributed by atoms with E-state index >= 15 is 0 Å². The Bertz CT molecular complexity index is 446. The van der Waals surface area contributed by atoms with E-state index in [4.69, 9.17) is 9.84 Å². The minimum absolute atomic E-state index is 0.125. The molecule has 1 aromatic rings. The van der Waals surface area contributed by atoms with Gasteiger partial charge in [-0.2, -0.15) is 0 Å². The van der Waals surface area contributed by atoms with Gasteiger partial charge in [0.1, 0.15) is 0 Å². The molecule has 1 rings (SSSR count). The average Bonchev–Trinajstić information content (AvgIpc) is 2.37. The summed E-state index contributed by atoms with van der Waals surface area (Å²) in [4.78, 5) is 22.9. The molecule has 2 N–H and O–H groups in total. The van der Waals surface area contributed by atoms with Crippen molar-refractivity contribution >= 4 is 11.9 Å². The molecule has 104 valence electrons. The molecule has 5 nitrogen and oxygen atoms in total. The van der Waals surface area contributed by atoms with Gasteiger partial charge in [0.25, 0.3) is 5.91 Å². The molecule has 0 aliphatic rings. The summed E-state index contributed by atoms with van der Waals surface area (Å²) in [5.74, 6) is -1.30. The van der Waals surface area contributed by atoms with Gasteiger partial charge in [0, 0.05) is 13.2 Å². The quantitative estimate of drug-likeness (QED) is 0.818. The fourth-order valence-electron chi connectivity index (χ4n) is 1.77.